The number of nitrogens with zero attached hydrogens (tertiary/aromatic N) is 5. The second-order valence-electron chi connectivity index (χ2n) is 7.33. The largest absolute Gasteiger partial charge is 0.484 e. The van der Waals surface area contributed by atoms with E-state index in [2.05, 4.69) is 25.2 Å². The molecule has 0 fully saturated rings. The fraction of sp³-hybridized carbons (Fsp3) is 0.238. The lowest BCUT2D eigenvalue weighted by Gasteiger charge is -2.27. The Morgan fingerprint density at radius 3 is 2.41 bits per heavy atom. The maximum absolute atomic E-state index is 15.7. The molecule has 0 N–H and O–H groups in total. The van der Waals surface area contributed by atoms with Crippen LogP contribution >= 0.6 is 0 Å². The molecule has 0 saturated carbocycles. The summed E-state index contributed by atoms with van der Waals surface area (Å²) in [6, 6.07) is 8.11. The number of alkyl halides is 5. The van der Waals surface area contributed by atoms with Crippen molar-refractivity contribution in [2.24, 2.45) is 0 Å². The zero-order chi connectivity index (χ0) is 24.5. The third-order valence-electron chi connectivity index (χ3n) is 4.94. The molecular weight excluding hydrogens is 471 g/mol. The van der Waals surface area contributed by atoms with Crippen LogP contribution in [0.2, 0.25) is 0 Å². The Bertz CT molecular complexity index is 1290. The van der Waals surface area contributed by atoms with Crippen molar-refractivity contribution >= 4 is 10.9 Å². The summed E-state index contributed by atoms with van der Waals surface area (Å²) in [5, 5.41) is 10.5. The third-order valence-corrected chi connectivity index (χ3v) is 4.94. The summed E-state index contributed by atoms with van der Waals surface area (Å²) in [4.78, 5) is 3.93. The van der Waals surface area contributed by atoms with Gasteiger partial charge in [-0.3, -0.25) is 0 Å². The molecule has 0 spiro atoms. The number of ether oxygens (including phenoxy) is 1. The minimum Gasteiger partial charge on any atom is -0.484 e. The topological polar surface area (TPSA) is 65.7 Å². The second-order valence-corrected chi connectivity index (χ2v) is 7.33. The molecule has 1 atom stereocenters. The van der Waals surface area contributed by atoms with Crippen molar-refractivity contribution < 1.29 is 35.5 Å². The summed E-state index contributed by atoms with van der Waals surface area (Å²) in [5.74, 6) is -7.86. The van der Waals surface area contributed by atoms with Crippen molar-refractivity contribution in [1.29, 1.82) is 0 Å². The van der Waals surface area contributed by atoms with Gasteiger partial charge in [0.2, 0.25) is 0 Å². The zero-order valence-electron chi connectivity index (χ0n) is 17.0. The molecule has 6 nitrogen and oxygen atoms in total. The maximum atomic E-state index is 15.7. The van der Waals surface area contributed by atoms with E-state index in [1.807, 2.05) is 0 Å². The van der Waals surface area contributed by atoms with E-state index in [0.29, 0.717) is 6.07 Å². The lowest BCUT2D eigenvalue weighted by atomic mass is 9.89. The number of hydrogen-bond acceptors (Lipinski definition) is 5. The van der Waals surface area contributed by atoms with Crippen LogP contribution in [0, 0.1) is 11.6 Å². The molecule has 0 saturated heterocycles. The van der Waals surface area contributed by atoms with Gasteiger partial charge in [-0.15, -0.1) is 5.10 Å². The average Bonchev–Trinajstić information content (AvgIpc) is 3.29. The van der Waals surface area contributed by atoms with E-state index in [-0.39, 0.29) is 16.7 Å². The molecule has 2 aromatic heterocycles. The molecule has 1 unspecified atom stereocenters. The first kappa shape index (κ1) is 23.4. The van der Waals surface area contributed by atoms with Crippen molar-refractivity contribution in [1.82, 2.24) is 25.2 Å². The van der Waals surface area contributed by atoms with E-state index >= 15 is 8.78 Å². The number of fused-ring (bicyclic) bond motifs is 1. The van der Waals surface area contributed by atoms with E-state index in [9.17, 15) is 22.0 Å². The first-order valence-electron chi connectivity index (χ1n) is 9.67. The molecule has 2 heterocycles. The predicted octanol–water partition coefficient (Wildman–Crippen LogP) is 5.02. The van der Waals surface area contributed by atoms with Crippen molar-refractivity contribution in [3.05, 3.63) is 77.8 Å². The molecule has 0 aliphatic rings. The SMILES string of the molecule is Fc1ccc(C(Cn2cnnn2)C(F)(F)c2ccc3cc(OCC(F)(F)F)ccc3n2)c(F)c1. The van der Waals surface area contributed by atoms with Crippen LogP contribution in [0.15, 0.2) is 54.9 Å². The quantitative estimate of drug-likeness (QED) is 0.344. The van der Waals surface area contributed by atoms with Gasteiger partial charge in [-0.2, -0.15) is 22.0 Å². The van der Waals surface area contributed by atoms with E-state index in [1.54, 1.807) is 0 Å². The fourth-order valence-electron chi connectivity index (χ4n) is 3.37. The van der Waals surface area contributed by atoms with Crippen LogP contribution in [0.5, 0.6) is 5.75 Å². The van der Waals surface area contributed by atoms with Crippen molar-refractivity contribution in [3.8, 4) is 5.75 Å². The lowest BCUT2D eigenvalue weighted by molar-refractivity contribution is -0.153. The first-order valence-corrected chi connectivity index (χ1v) is 9.67. The van der Waals surface area contributed by atoms with E-state index in [1.165, 1.54) is 24.3 Å². The van der Waals surface area contributed by atoms with Crippen LogP contribution in [0.4, 0.5) is 30.7 Å². The summed E-state index contributed by atoms with van der Waals surface area (Å²) in [7, 11) is 0. The highest BCUT2D eigenvalue weighted by atomic mass is 19.4. The molecule has 4 rings (SSSR count). The van der Waals surface area contributed by atoms with Gasteiger partial charge in [-0.25, -0.2) is 18.4 Å². The Kier molecular flexibility index (Phi) is 6.11. The number of benzene rings is 2. The number of tetrazole rings is 1. The van der Waals surface area contributed by atoms with Crippen molar-refractivity contribution in [3.63, 3.8) is 0 Å². The van der Waals surface area contributed by atoms with Crippen LogP contribution in [-0.2, 0) is 12.5 Å². The average molecular weight is 485 g/mol. The Hall–Kier alpha value is -3.77. The Morgan fingerprint density at radius 1 is 0.941 bits per heavy atom. The normalized spacial score (nSPS) is 13.3. The van der Waals surface area contributed by atoms with E-state index in [0.717, 1.165) is 29.2 Å². The van der Waals surface area contributed by atoms with Gasteiger partial charge in [-0.05, 0) is 46.3 Å². The number of aromatic nitrogens is 5. The van der Waals surface area contributed by atoms with Crippen LogP contribution in [0.25, 0.3) is 10.9 Å². The van der Waals surface area contributed by atoms with Gasteiger partial charge < -0.3 is 4.74 Å². The molecule has 0 bridgehead atoms. The van der Waals surface area contributed by atoms with E-state index in [4.69, 9.17) is 0 Å². The lowest BCUT2D eigenvalue weighted by Crippen LogP contribution is -2.30. The van der Waals surface area contributed by atoms with E-state index < -0.39 is 54.1 Å². The summed E-state index contributed by atoms with van der Waals surface area (Å²) in [6.45, 7) is -2.06. The number of halogens is 7. The standard InChI is InChI=1S/C21H14F7N5O/c22-13-2-4-15(17(23)8-13)16(9-33-11-29-31-32-33)21(27,28)19-6-1-12-7-14(3-5-18(12)30-19)34-10-20(24,25)26/h1-8,11,16H,9-10H2. The molecule has 0 aliphatic carbocycles. The molecule has 2 aromatic carbocycles. The van der Waals surface area contributed by atoms with Gasteiger partial charge >= 0.3 is 6.18 Å². The van der Waals surface area contributed by atoms with Crippen LogP contribution in [-0.4, -0.2) is 38.0 Å². The summed E-state index contributed by atoms with van der Waals surface area (Å²) in [5.41, 5.74) is -1.15. The molecule has 0 radical (unpaired) electrons. The fourth-order valence-corrected chi connectivity index (χ4v) is 3.37. The van der Waals surface area contributed by atoms with Gasteiger partial charge in [0.1, 0.15) is 29.4 Å². The highest BCUT2D eigenvalue weighted by molar-refractivity contribution is 5.80. The number of pyridine rings is 1. The highest BCUT2D eigenvalue weighted by Gasteiger charge is 2.45. The van der Waals surface area contributed by atoms with Crippen LogP contribution in [0.1, 0.15) is 17.2 Å². The molecule has 0 amide bonds. The molecule has 178 valence electrons. The van der Waals surface area contributed by atoms with Crippen LogP contribution < -0.4 is 4.74 Å². The highest BCUT2D eigenvalue weighted by Crippen LogP contribution is 2.43. The summed E-state index contributed by atoms with van der Waals surface area (Å²) >= 11 is 0. The summed E-state index contributed by atoms with van der Waals surface area (Å²) < 4.78 is 102. The van der Waals surface area contributed by atoms with Crippen molar-refractivity contribution in [2.45, 2.75) is 24.6 Å². The van der Waals surface area contributed by atoms with Gasteiger partial charge in [-0.1, -0.05) is 12.1 Å². The molecule has 4 aromatic rings. The number of hydrogen-bond donors (Lipinski definition) is 0. The van der Waals surface area contributed by atoms with Gasteiger partial charge in [0.15, 0.2) is 6.61 Å². The molecular formula is C21H14F7N5O. The third kappa shape index (κ3) is 5.07. The Balaban J connectivity index is 1.70. The van der Waals surface area contributed by atoms with Gasteiger partial charge in [0, 0.05) is 11.5 Å². The minimum atomic E-state index is -4.54. The van der Waals surface area contributed by atoms with Gasteiger partial charge in [0.05, 0.1) is 18.0 Å². The molecule has 34 heavy (non-hydrogen) atoms. The smallest absolute Gasteiger partial charge is 0.422 e. The van der Waals surface area contributed by atoms with Gasteiger partial charge in [0.25, 0.3) is 5.92 Å². The minimum absolute atomic E-state index is 0.0530. The summed E-state index contributed by atoms with van der Waals surface area (Å²) in [6.07, 6.45) is -3.47. The molecule has 0 aliphatic heterocycles. The van der Waals surface area contributed by atoms with Crippen LogP contribution in [0.3, 0.4) is 0 Å². The molecule has 13 heteroatoms. The number of rotatable bonds is 7. The Labute approximate surface area is 187 Å². The predicted molar refractivity (Wildman–Crippen MR) is 104 cm³/mol. The monoisotopic (exact) mass is 485 g/mol. The maximum Gasteiger partial charge on any atom is 0.422 e. The first-order chi connectivity index (χ1) is 16.0. The zero-order valence-corrected chi connectivity index (χ0v) is 17.0. The Morgan fingerprint density at radius 2 is 1.74 bits per heavy atom. The second kappa shape index (κ2) is 8.88. The van der Waals surface area contributed by atoms with Crippen molar-refractivity contribution in [2.75, 3.05) is 6.61 Å².